The fourth-order valence-corrected chi connectivity index (χ4v) is 1.98. The molecule has 0 spiro atoms. The van der Waals surface area contributed by atoms with Gasteiger partial charge in [-0.05, 0) is 24.1 Å². The fourth-order valence-electron chi connectivity index (χ4n) is 1.68. The first-order chi connectivity index (χ1) is 7.72. The molecule has 0 aliphatic heterocycles. The highest BCUT2D eigenvalue weighted by molar-refractivity contribution is 6.33. The highest BCUT2D eigenvalue weighted by atomic mass is 35.5. The minimum atomic E-state index is -0.242. The number of hydrogen-bond acceptors (Lipinski definition) is 0. The van der Waals surface area contributed by atoms with Crippen molar-refractivity contribution in [1.29, 1.82) is 0 Å². The van der Waals surface area contributed by atoms with Crippen LogP contribution in [0, 0.1) is 5.82 Å². The van der Waals surface area contributed by atoms with E-state index in [4.69, 9.17) is 11.6 Å². The minimum absolute atomic E-state index is 0.242. The Labute approximate surface area is 99.7 Å². The van der Waals surface area contributed by atoms with Crippen molar-refractivity contribution in [1.82, 2.24) is 0 Å². The molecule has 0 unspecified atom stereocenters. The molecule has 0 amide bonds. The van der Waals surface area contributed by atoms with Crippen molar-refractivity contribution < 1.29 is 4.39 Å². The van der Waals surface area contributed by atoms with Crippen LogP contribution < -0.4 is 0 Å². The van der Waals surface area contributed by atoms with Crippen molar-refractivity contribution >= 4 is 11.6 Å². The van der Waals surface area contributed by atoms with Gasteiger partial charge in [0.1, 0.15) is 5.82 Å². The maximum atomic E-state index is 13.6. The molecule has 2 heteroatoms. The Kier molecular flexibility index (Phi) is 3.25. The first-order valence-corrected chi connectivity index (χ1v) is 5.63. The van der Waals surface area contributed by atoms with E-state index in [1.165, 1.54) is 6.07 Å². The second-order valence-corrected chi connectivity index (χ2v) is 4.05. The quantitative estimate of drug-likeness (QED) is 0.706. The van der Waals surface area contributed by atoms with Crippen molar-refractivity contribution in [2.45, 2.75) is 13.3 Å². The summed E-state index contributed by atoms with van der Waals surface area (Å²) in [4.78, 5) is 0. The lowest BCUT2D eigenvalue weighted by Gasteiger charge is -2.07. The van der Waals surface area contributed by atoms with E-state index in [-0.39, 0.29) is 5.82 Å². The molecule has 2 rings (SSSR count). The number of halogens is 2. The van der Waals surface area contributed by atoms with Crippen LogP contribution in [0.3, 0.4) is 0 Å². The molecule has 16 heavy (non-hydrogen) atoms. The van der Waals surface area contributed by atoms with Crippen LogP contribution in [0.5, 0.6) is 0 Å². The van der Waals surface area contributed by atoms with Crippen LogP contribution >= 0.6 is 11.6 Å². The highest BCUT2D eigenvalue weighted by Crippen LogP contribution is 2.30. The van der Waals surface area contributed by atoms with Crippen molar-refractivity contribution in [3.8, 4) is 11.1 Å². The summed E-state index contributed by atoms with van der Waals surface area (Å²) in [5.74, 6) is -0.242. The first-order valence-electron chi connectivity index (χ1n) is 5.25. The summed E-state index contributed by atoms with van der Waals surface area (Å²) >= 11 is 6.15. The number of rotatable bonds is 2. The average molecular weight is 235 g/mol. The molecule has 0 aromatic heterocycles. The summed E-state index contributed by atoms with van der Waals surface area (Å²) in [5.41, 5.74) is 2.46. The van der Waals surface area contributed by atoms with Crippen LogP contribution in [-0.2, 0) is 6.42 Å². The van der Waals surface area contributed by atoms with Gasteiger partial charge in [0.05, 0.1) is 0 Å². The van der Waals surface area contributed by atoms with E-state index in [2.05, 4.69) is 6.92 Å². The van der Waals surface area contributed by atoms with E-state index in [1.807, 2.05) is 24.3 Å². The summed E-state index contributed by atoms with van der Waals surface area (Å²) in [7, 11) is 0. The molecular weight excluding hydrogens is 223 g/mol. The van der Waals surface area contributed by atoms with Crippen molar-refractivity contribution in [3.63, 3.8) is 0 Å². The Balaban J connectivity index is 2.53. The van der Waals surface area contributed by atoms with Gasteiger partial charge in [-0.2, -0.15) is 0 Å². The zero-order chi connectivity index (χ0) is 11.5. The second-order valence-electron chi connectivity index (χ2n) is 3.65. The minimum Gasteiger partial charge on any atom is -0.206 e. The smallest absolute Gasteiger partial charge is 0.131 e. The topological polar surface area (TPSA) is 0 Å². The Bertz CT molecular complexity index is 506. The van der Waals surface area contributed by atoms with Crippen molar-refractivity contribution in [3.05, 3.63) is 58.9 Å². The van der Waals surface area contributed by atoms with E-state index >= 15 is 0 Å². The maximum absolute atomic E-state index is 13.6. The molecule has 0 aliphatic carbocycles. The third-order valence-corrected chi connectivity index (χ3v) is 2.92. The van der Waals surface area contributed by atoms with E-state index in [9.17, 15) is 4.39 Å². The Morgan fingerprint density at radius 2 is 1.81 bits per heavy atom. The molecule has 0 nitrogen and oxygen atoms in total. The summed E-state index contributed by atoms with van der Waals surface area (Å²) < 4.78 is 13.6. The van der Waals surface area contributed by atoms with Crippen LogP contribution in [0.4, 0.5) is 4.39 Å². The van der Waals surface area contributed by atoms with Gasteiger partial charge in [-0.1, -0.05) is 48.9 Å². The number of hydrogen-bond donors (Lipinski definition) is 0. The summed E-state index contributed by atoms with van der Waals surface area (Å²) in [6.45, 7) is 2.06. The van der Waals surface area contributed by atoms with Gasteiger partial charge in [0, 0.05) is 16.1 Å². The molecule has 0 saturated carbocycles. The lowest BCUT2D eigenvalue weighted by Crippen LogP contribution is -1.87. The van der Waals surface area contributed by atoms with Gasteiger partial charge in [0.25, 0.3) is 0 Å². The number of aryl methyl sites for hydroxylation is 1. The van der Waals surface area contributed by atoms with Crippen LogP contribution in [0.1, 0.15) is 12.5 Å². The molecule has 2 aromatic rings. The predicted molar refractivity (Wildman–Crippen MR) is 66.2 cm³/mol. The van der Waals surface area contributed by atoms with Gasteiger partial charge in [-0.15, -0.1) is 0 Å². The van der Waals surface area contributed by atoms with Crippen molar-refractivity contribution in [2.75, 3.05) is 0 Å². The Morgan fingerprint density at radius 3 is 2.44 bits per heavy atom. The van der Waals surface area contributed by atoms with Gasteiger partial charge >= 0.3 is 0 Å². The molecule has 0 bridgehead atoms. The summed E-state index contributed by atoms with van der Waals surface area (Å²) in [5, 5.41) is 0.601. The lowest BCUT2D eigenvalue weighted by atomic mass is 10.0. The predicted octanol–water partition coefficient (Wildman–Crippen LogP) is 4.71. The molecule has 0 atom stereocenters. The second kappa shape index (κ2) is 4.67. The van der Waals surface area contributed by atoms with Gasteiger partial charge in [0.2, 0.25) is 0 Å². The summed E-state index contributed by atoms with van der Waals surface area (Å²) in [6.07, 6.45) is 0.928. The molecule has 0 heterocycles. The molecule has 0 saturated heterocycles. The highest BCUT2D eigenvalue weighted by Gasteiger charge is 2.08. The zero-order valence-corrected chi connectivity index (χ0v) is 9.76. The van der Waals surface area contributed by atoms with E-state index in [0.29, 0.717) is 10.6 Å². The standard InChI is InChI=1S/C14H12ClF/c1-2-10-7-8-11(13(15)9-10)12-5-3-4-6-14(12)16/h3-9H,2H2,1H3. The van der Waals surface area contributed by atoms with Crippen LogP contribution in [0.15, 0.2) is 42.5 Å². The largest absolute Gasteiger partial charge is 0.206 e. The van der Waals surface area contributed by atoms with E-state index in [0.717, 1.165) is 17.5 Å². The normalized spacial score (nSPS) is 10.4. The van der Waals surface area contributed by atoms with Crippen LogP contribution in [-0.4, -0.2) is 0 Å². The lowest BCUT2D eigenvalue weighted by molar-refractivity contribution is 0.631. The monoisotopic (exact) mass is 234 g/mol. The third kappa shape index (κ3) is 2.10. The SMILES string of the molecule is CCc1ccc(-c2ccccc2F)c(Cl)c1. The van der Waals surface area contributed by atoms with Gasteiger partial charge in [-0.3, -0.25) is 0 Å². The molecule has 82 valence electrons. The van der Waals surface area contributed by atoms with Crippen molar-refractivity contribution in [2.24, 2.45) is 0 Å². The summed E-state index contributed by atoms with van der Waals surface area (Å²) in [6, 6.07) is 12.4. The fraction of sp³-hybridized carbons (Fsp3) is 0.143. The molecule has 0 radical (unpaired) electrons. The molecular formula is C14H12ClF. The van der Waals surface area contributed by atoms with E-state index in [1.54, 1.807) is 12.1 Å². The van der Waals surface area contributed by atoms with E-state index < -0.39 is 0 Å². The average Bonchev–Trinajstić information content (AvgIpc) is 2.30. The molecule has 0 fully saturated rings. The molecule has 0 N–H and O–H groups in total. The van der Waals surface area contributed by atoms with Gasteiger partial charge < -0.3 is 0 Å². The number of benzene rings is 2. The van der Waals surface area contributed by atoms with Gasteiger partial charge in [-0.25, -0.2) is 4.39 Å². The van der Waals surface area contributed by atoms with Gasteiger partial charge in [0.15, 0.2) is 0 Å². The third-order valence-electron chi connectivity index (χ3n) is 2.61. The Hall–Kier alpha value is -1.34. The van der Waals surface area contributed by atoms with Crippen LogP contribution in [0.2, 0.25) is 5.02 Å². The molecule has 2 aromatic carbocycles. The maximum Gasteiger partial charge on any atom is 0.131 e. The van der Waals surface area contributed by atoms with Crippen LogP contribution in [0.25, 0.3) is 11.1 Å². The Morgan fingerprint density at radius 1 is 1.06 bits per heavy atom. The molecule has 0 aliphatic rings. The zero-order valence-electron chi connectivity index (χ0n) is 9.00. The first kappa shape index (κ1) is 11.2.